The van der Waals surface area contributed by atoms with Crippen LogP contribution in [0.15, 0.2) is 58.6 Å². The van der Waals surface area contributed by atoms with Gasteiger partial charge in [0.05, 0.1) is 20.3 Å². The van der Waals surface area contributed by atoms with Crippen molar-refractivity contribution in [1.82, 2.24) is 9.99 Å². The van der Waals surface area contributed by atoms with Crippen LogP contribution in [-0.2, 0) is 20.7 Å². The van der Waals surface area contributed by atoms with Gasteiger partial charge in [0.2, 0.25) is 5.96 Å². The van der Waals surface area contributed by atoms with Gasteiger partial charge in [0.15, 0.2) is 17.6 Å². The van der Waals surface area contributed by atoms with Crippen LogP contribution in [0.2, 0.25) is 0 Å². The normalized spacial score (nSPS) is 11.2. The van der Waals surface area contributed by atoms with Gasteiger partial charge in [0.1, 0.15) is 5.75 Å². The summed E-state index contributed by atoms with van der Waals surface area (Å²) in [5.41, 5.74) is 11.6. The summed E-state index contributed by atoms with van der Waals surface area (Å²) < 4.78 is 10.3. The first kappa shape index (κ1) is 24.6. The van der Waals surface area contributed by atoms with Crippen LogP contribution < -0.4 is 37.4 Å². The van der Waals surface area contributed by atoms with Crippen molar-refractivity contribution < 1.29 is 26.3 Å². The van der Waals surface area contributed by atoms with Crippen LogP contribution in [0.4, 0.5) is 0 Å². The van der Waals surface area contributed by atoms with Gasteiger partial charge in [-0.2, -0.15) is 5.10 Å². The fourth-order valence-electron chi connectivity index (χ4n) is 2.90. The molecule has 0 spiro atoms. The average Bonchev–Trinajstić information content (AvgIpc) is 2.92. The van der Waals surface area contributed by atoms with E-state index in [1.54, 1.807) is 6.21 Å². The van der Waals surface area contributed by atoms with Crippen LogP contribution >= 0.6 is 17.0 Å². The number of fused-ring (bicyclic) bond motifs is 1. The maximum Gasteiger partial charge on any atom is 0.295 e. The summed E-state index contributed by atoms with van der Waals surface area (Å²) in [6.07, 6.45) is 1.69. The number of benzene rings is 2. The lowest BCUT2D eigenvalue weighted by Crippen LogP contribution is -3.00. The van der Waals surface area contributed by atoms with Crippen molar-refractivity contribution in [3.8, 4) is 5.75 Å². The molecule has 7 nitrogen and oxygen atoms in total. The molecule has 0 saturated carbocycles. The summed E-state index contributed by atoms with van der Waals surface area (Å²) in [5, 5.41) is 4.05. The van der Waals surface area contributed by atoms with Crippen LogP contribution in [0.1, 0.15) is 18.3 Å². The second kappa shape index (κ2) is 11.6. The van der Waals surface area contributed by atoms with E-state index in [9.17, 15) is 0 Å². The summed E-state index contributed by atoms with van der Waals surface area (Å²) in [7, 11) is 4.11. The molecule has 0 amide bonds. The molecule has 3 rings (SSSR count). The number of imidazole rings is 1. The van der Waals surface area contributed by atoms with E-state index in [0.29, 0.717) is 19.1 Å². The molecule has 0 radical (unpaired) electrons. The Hall–Kier alpha value is -2.39. The Morgan fingerprint density at radius 3 is 2.55 bits per heavy atom. The van der Waals surface area contributed by atoms with Crippen molar-refractivity contribution in [2.24, 2.45) is 29.9 Å². The third kappa shape index (κ3) is 6.04. The van der Waals surface area contributed by atoms with Crippen LogP contribution in [0.5, 0.6) is 5.75 Å². The zero-order chi connectivity index (χ0) is 19.2. The van der Waals surface area contributed by atoms with Crippen molar-refractivity contribution >= 4 is 40.2 Å². The molecule has 2 aromatic carbocycles. The number of hydrogen-bond donors (Lipinski definition) is 2. The van der Waals surface area contributed by atoms with E-state index >= 15 is 0 Å². The van der Waals surface area contributed by atoms with Gasteiger partial charge in [-0.15, -0.1) is 17.0 Å². The molecule has 156 valence electrons. The minimum Gasteiger partial charge on any atom is -1.00 e. The van der Waals surface area contributed by atoms with E-state index in [-0.39, 0.29) is 34.0 Å². The number of hydrazone groups is 1. The summed E-state index contributed by atoms with van der Waals surface area (Å²) in [5.74, 6) is 2.20. The van der Waals surface area contributed by atoms with Crippen molar-refractivity contribution in [3.05, 3.63) is 59.9 Å². The van der Waals surface area contributed by atoms with Crippen LogP contribution in [0.25, 0.3) is 11.0 Å². The molecule has 9 heteroatoms. The van der Waals surface area contributed by atoms with Crippen molar-refractivity contribution in [3.63, 3.8) is 0 Å². The smallest absolute Gasteiger partial charge is 0.295 e. The van der Waals surface area contributed by atoms with Crippen LogP contribution in [0.3, 0.4) is 0 Å². The Morgan fingerprint density at radius 1 is 1.21 bits per heavy atom. The number of hydrogen-bond acceptors (Lipinski definition) is 3. The number of nitrogens with zero attached hydrogens (tertiary/aromatic N) is 4. The van der Waals surface area contributed by atoms with E-state index in [1.165, 1.54) is 11.0 Å². The van der Waals surface area contributed by atoms with E-state index < -0.39 is 0 Å². The Bertz CT molecular complexity index is 944. The number of ether oxygens (including phenoxy) is 1. The van der Waals surface area contributed by atoms with E-state index in [2.05, 4.69) is 50.9 Å². The molecule has 1 aromatic heterocycles. The number of guanidine groups is 1. The van der Waals surface area contributed by atoms with Gasteiger partial charge in [-0.1, -0.05) is 12.1 Å². The second-order valence-electron chi connectivity index (χ2n) is 6.11. The summed E-state index contributed by atoms with van der Waals surface area (Å²) in [6.45, 7) is 3.02. The topological polar surface area (TPSA) is 80.8 Å². The monoisotopic (exact) mass is 524 g/mol. The van der Waals surface area contributed by atoms with Crippen LogP contribution in [-0.4, -0.2) is 23.3 Å². The van der Waals surface area contributed by atoms with Gasteiger partial charge in [-0.05, 0) is 48.9 Å². The molecule has 0 atom stereocenters. The third-order valence-corrected chi connectivity index (χ3v) is 4.35. The number of nitrogens with two attached hydrogens (primary N) is 1. The summed E-state index contributed by atoms with van der Waals surface area (Å²) in [6, 6.07) is 16.0. The number of aryl methyl sites for hydroxylation is 2. The van der Waals surface area contributed by atoms with Gasteiger partial charge in [-0.3, -0.25) is 4.99 Å². The number of nitrogens with one attached hydrogen (secondary N) is 1. The third-order valence-electron chi connectivity index (χ3n) is 4.35. The number of rotatable bonds is 6. The molecule has 0 bridgehead atoms. The lowest BCUT2D eigenvalue weighted by molar-refractivity contribution is -0.655. The standard InChI is InChI=1S/C20H25N6O.2BrH/c1-4-22-20(21)24-23-13-15-9-11-16(12-10-15)27-14-19-25(2)17-7-5-6-8-18(17)26(19)3;;/h5-13H,4,14H2,1-3H3,(H3,21,22,24);2*1H/q+1;;/p-1/b23-13+;;. The number of halogens is 2. The molecule has 0 saturated heterocycles. The maximum absolute atomic E-state index is 5.97. The Labute approximate surface area is 191 Å². The maximum atomic E-state index is 5.97. The Morgan fingerprint density at radius 2 is 1.90 bits per heavy atom. The molecule has 0 aliphatic heterocycles. The molecule has 3 aromatic rings. The Balaban J connectivity index is 0.00000210. The van der Waals surface area contributed by atoms with E-state index in [0.717, 1.165) is 17.1 Å². The van der Waals surface area contributed by atoms with Crippen LogP contribution in [0, 0.1) is 0 Å². The van der Waals surface area contributed by atoms with Gasteiger partial charge in [0.25, 0.3) is 5.82 Å². The molecular weight excluding hydrogens is 500 g/mol. The fourth-order valence-corrected chi connectivity index (χ4v) is 2.90. The minimum atomic E-state index is 0. The highest BCUT2D eigenvalue weighted by atomic mass is 79.9. The zero-order valence-corrected chi connectivity index (χ0v) is 20.0. The summed E-state index contributed by atoms with van der Waals surface area (Å²) >= 11 is 0. The summed E-state index contributed by atoms with van der Waals surface area (Å²) in [4.78, 5) is 4.00. The molecule has 0 unspecified atom stereocenters. The van der Waals surface area contributed by atoms with Crippen molar-refractivity contribution in [1.29, 1.82) is 0 Å². The lowest BCUT2D eigenvalue weighted by atomic mass is 10.2. The number of para-hydroxylation sites is 2. The molecule has 0 aliphatic rings. The predicted molar refractivity (Wildman–Crippen MR) is 118 cm³/mol. The highest BCUT2D eigenvalue weighted by Crippen LogP contribution is 2.16. The lowest BCUT2D eigenvalue weighted by Gasteiger charge is -2.05. The van der Waals surface area contributed by atoms with Gasteiger partial charge in [-0.25, -0.2) is 14.6 Å². The first-order valence-corrected chi connectivity index (χ1v) is 8.84. The van der Waals surface area contributed by atoms with Gasteiger partial charge in [0, 0.05) is 6.54 Å². The predicted octanol–water partition coefficient (Wildman–Crippen LogP) is -0.578. The molecule has 29 heavy (non-hydrogen) atoms. The van der Waals surface area contributed by atoms with Crippen molar-refractivity contribution in [2.45, 2.75) is 13.5 Å². The first-order chi connectivity index (χ1) is 13.1. The first-order valence-electron chi connectivity index (χ1n) is 8.84. The second-order valence-corrected chi connectivity index (χ2v) is 6.11. The molecular formula is C20H26Br2N6O. The van der Waals surface area contributed by atoms with Gasteiger partial charge < -0.3 is 27.5 Å². The van der Waals surface area contributed by atoms with Gasteiger partial charge >= 0.3 is 0 Å². The fraction of sp³-hybridized carbons (Fsp3) is 0.250. The largest absolute Gasteiger partial charge is 1.00 e. The molecule has 0 aliphatic carbocycles. The highest BCUT2D eigenvalue weighted by Gasteiger charge is 2.19. The molecule has 0 fully saturated rings. The van der Waals surface area contributed by atoms with Crippen molar-refractivity contribution in [2.75, 3.05) is 6.54 Å². The highest BCUT2D eigenvalue weighted by molar-refractivity contribution is 8.93. The quantitative estimate of drug-likeness (QED) is 0.195. The molecule has 1 heterocycles. The zero-order valence-electron chi connectivity index (χ0n) is 16.7. The average molecular weight is 526 g/mol. The Kier molecular flexibility index (Phi) is 9.84. The minimum absolute atomic E-state index is 0. The number of aliphatic imine (C=N–C) groups is 1. The molecule has 3 N–H and O–H groups in total. The van der Waals surface area contributed by atoms with E-state index in [4.69, 9.17) is 10.5 Å². The number of aromatic nitrogens is 2. The SMILES string of the molecule is Br.CCN=C(N)N/N=C/c1ccc(OCc2n(C)c3ccccc3[n+]2C)cc1.[Br-]. The van der Waals surface area contributed by atoms with E-state index in [1.807, 2.05) is 43.3 Å².